The molecule has 0 aliphatic heterocycles. The maximum absolute atomic E-state index is 11.6. The summed E-state index contributed by atoms with van der Waals surface area (Å²) in [5.41, 5.74) is 6.72. The molecule has 7 heteroatoms. The van der Waals surface area contributed by atoms with Crippen LogP contribution in [0.15, 0.2) is 12.1 Å². The lowest BCUT2D eigenvalue weighted by molar-refractivity contribution is 0.0594. The molecule has 0 spiro atoms. The summed E-state index contributed by atoms with van der Waals surface area (Å²) in [5.74, 6) is 0.0749. The number of hydrogen-bond donors (Lipinski definition) is 1. The number of methoxy groups -OCH3 is 3. The van der Waals surface area contributed by atoms with Crippen molar-refractivity contribution in [1.29, 1.82) is 0 Å². The van der Waals surface area contributed by atoms with Crippen molar-refractivity contribution in [3.05, 3.63) is 17.8 Å². The molecule has 0 fully saturated rings. The standard InChI is InChI=1S/C14H23N3O4/c1-19-9-4-7-17(8-10-20-2)13-11(15)5-6-12(16-13)14(18)21-3/h5-6H,4,7-10,15H2,1-3H3. The Labute approximate surface area is 125 Å². The zero-order valence-electron chi connectivity index (χ0n) is 12.8. The maximum atomic E-state index is 11.6. The van der Waals surface area contributed by atoms with E-state index in [0.717, 1.165) is 6.42 Å². The fourth-order valence-corrected chi connectivity index (χ4v) is 1.86. The first-order valence-electron chi connectivity index (χ1n) is 6.71. The number of carbonyl (C=O) groups excluding carboxylic acids is 1. The van der Waals surface area contributed by atoms with Gasteiger partial charge in [-0.3, -0.25) is 0 Å². The van der Waals surface area contributed by atoms with E-state index in [2.05, 4.69) is 9.72 Å². The third-order valence-corrected chi connectivity index (χ3v) is 2.94. The van der Waals surface area contributed by atoms with E-state index in [1.165, 1.54) is 7.11 Å². The summed E-state index contributed by atoms with van der Waals surface area (Å²) in [4.78, 5) is 17.9. The molecule has 1 aromatic rings. The van der Waals surface area contributed by atoms with Gasteiger partial charge in [-0.15, -0.1) is 0 Å². The normalized spacial score (nSPS) is 10.4. The lowest BCUT2D eigenvalue weighted by atomic mass is 10.3. The van der Waals surface area contributed by atoms with Crippen LogP contribution >= 0.6 is 0 Å². The molecule has 0 unspecified atom stereocenters. The Bertz CT molecular complexity index is 454. The first kappa shape index (κ1) is 17.2. The molecule has 0 aliphatic rings. The van der Waals surface area contributed by atoms with Crippen molar-refractivity contribution in [2.45, 2.75) is 6.42 Å². The van der Waals surface area contributed by atoms with Crippen molar-refractivity contribution in [1.82, 2.24) is 4.98 Å². The summed E-state index contributed by atoms with van der Waals surface area (Å²) in [7, 11) is 4.61. The van der Waals surface area contributed by atoms with E-state index in [1.54, 1.807) is 26.4 Å². The Balaban J connectivity index is 2.95. The number of nitrogens with two attached hydrogens (primary N) is 1. The Morgan fingerprint density at radius 1 is 1.19 bits per heavy atom. The second-order valence-electron chi connectivity index (χ2n) is 4.43. The van der Waals surface area contributed by atoms with Gasteiger partial charge in [-0.25, -0.2) is 9.78 Å². The third kappa shape index (κ3) is 5.20. The number of nitrogens with zero attached hydrogens (tertiary/aromatic N) is 2. The van der Waals surface area contributed by atoms with Gasteiger partial charge in [0.1, 0.15) is 0 Å². The fourth-order valence-electron chi connectivity index (χ4n) is 1.86. The van der Waals surface area contributed by atoms with Crippen LogP contribution in [-0.2, 0) is 14.2 Å². The smallest absolute Gasteiger partial charge is 0.356 e. The first-order chi connectivity index (χ1) is 10.1. The topological polar surface area (TPSA) is 86.9 Å². The molecule has 0 amide bonds. The van der Waals surface area contributed by atoms with E-state index in [1.807, 2.05) is 4.90 Å². The van der Waals surface area contributed by atoms with E-state index in [9.17, 15) is 4.79 Å². The van der Waals surface area contributed by atoms with Gasteiger partial charge in [-0.2, -0.15) is 0 Å². The van der Waals surface area contributed by atoms with Crippen LogP contribution in [0.5, 0.6) is 0 Å². The molecule has 0 aromatic carbocycles. The molecule has 1 heterocycles. The van der Waals surface area contributed by atoms with Crippen LogP contribution in [0.1, 0.15) is 16.9 Å². The van der Waals surface area contributed by atoms with Crippen molar-refractivity contribution in [2.24, 2.45) is 0 Å². The van der Waals surface area contributed by atoms with Crippen LogP contribution in [0.25, 0.3) is 0 Å². The lowest BCUT2D eigenvalue weighted by Crippen LogP contribution is -2.31. The second kappa shape index (κ2) is 9.15. The van der Waals surface area contributed by atoms with Crippen molar-refractivity contribution in [2.75, 3.05) is 58.3 Å². The van der Waals surface area contributed by atoms with E-state index in [4.69, 9.17) is 15.2 Å². The second-order valence-corrected chi connectivity index (χ2v) is 4.43. The molecular formula is C14H23N3O4. The van der Waals surface area contributed by atoms with Gasteiger partial charge in [0.15, 0.2) is 11.5 Å². The quantitative estimate of drug-likeness (QED) is 0.536. The summed E-state index contributed by atoms with van der Waals surface area (Å²) in [5, 5.41) is 0. The highest BCUT2D eigenvalue weighted by Gasteiger charge is 2.15. The highest BCUT2D eigenvalue weighted by atomic mass is 16.5. The predicted octanol–water partition coefficient (Wildman–Crippen LogP) is 0.940. The molecular weight excluding hydrogens is 274 g/mol. The van der Waals surface area contributed by atoms with E-state index in [-0.39, 0.29) is 5.69 Å². The van der Waals surface area contributed by atoms with Crippen molar-refractivity contribution < 1.29 is 19.0 Å². The van der Waals surface area contributed by atoms with Gasteiger partial charge in [-0.05, 0) is 18.6 Å². The highest BCUT2D eigenvalue weighted by Crippen LogP contribution is 2.21. The first-order valence-corrected chi connectivity index (χ1v) is 6.71. The number of pyridine rings is 1. The van der Waals surface area contributed by atoms with Gasteiger partial charge in [0.25, 0.3) is 0 Å². The molecule has 0 saturated heterocycles. The summed E-state index contributed by atoms with van der Waals surface area (Å²) in [6.45, 7) is 2.51. The Morgan fingerprint density at radius 3 is 2.52 bits per heavy atom. The molecule has 0 aliphatic carbocycles. The SMILES string of the molecule is COCCCN(CCOC)c1nc(C(=O)OC)ccc1N. The number of ether oxygens (including phenoxy) is 3. The monoisotopic (exact) mass is 297 g/mol. The third-order valence-electron chi connectivity index (χ3n) is 2.94. The number of hydrogen-bond acceptors (Lipinski definition) is 7. The minimum absolute atomic E-state index is 0.232. The molecule has 1 rings (SSSR count). The number of anilines is 2. The van der Waals surface area contributed by atoms with Crippen molar-refractivity contribution >= 4 is 17.5 Å². The Hall–Kier alpha value is -1.86. The van der Waals surface area contributed by atoms with E-state index >= 15 is 0 Å². The Morgan fingerprint density at radius 2 is 1.90 bits per heavy atom. The predicted molar refractivity (Wildman–Crippen MR) is 80.6 cm³/mol. The summed E-state index contributed by atoms with van der Waals surface area (Å²) < 4.78 is 14.8. The summed E-state index contributed by atoms with van der Waals surface area (Å²) in [6, 6.07) is 3.21. The molecule has 21 heavy (non-hydrogen) atoms. The van der Waals surface area contributed by atoms with Gasteiger partial charge in [0.2, 0.25) is 0 Å². The van der Waals surface area contributed by atoms with Crippen LogP contribution in [0.2, 0.25) is 0 Å². The molecule has 0 bridgehead atoms. The van der Waals surface area contributed by atoms with E-state index in [0.29, 0.717) is 37.8 Å². The van der Waals surface area contributed by atoms with Crippen LogP contribution in [0, 0.1) is 0 Å². The zero-order valence-corrected chi connectivity index (χ0v) is 12.8. The number of aromatic nitrogens is 1. The molecule has 2 N–H and O–H groups in total. The van der Waals surface area contributed by atoms with Gasteiger partial charge in [0, 0.05) is 33.9 Å². The number of carbonyl (C=O) groups is 1. The number of esters is 1. The molecule has 118 valence electrons. The summed E-state index contributed by atoms with van der Waals surface area (Å²) in [6.07, 6.45) is 0.823. The lowest BCUT2D eigenvalue weighted by Gasteiger charge is -2.25. The van der Waals surface area contributed by atoms with Gasteiger partial charge >= 0.3 is 5.97 Å². The van der Waals surface area contributed by atoms with Crippen LogP contribution in [0.4, 0.5) is 11.5 Å². The van der Waals surface area contributed by atoms with Crippen LogP contribution in [0.3, 0.4) is 0 Å². The van der Waals surface area contributed by atoms with Crippen molar-refractivity contribution in [3.8, 4) is 0 Å². The van der Waals surface area contributed by atoms with Gasteiger partial charge < -0.3 is 24.8 Å². The molecule has 7 nitrogen and oxygen atoms in total. The molecule has 1 aromatic heterocycles. The van der Waals surface area contributed by atoms with E-state index < -0.39 is 5.97 Å². The van der Waals surface area contributed by atoms with Gasteiger partial charge in [0.05, 0.1) is 19.4 Å². The zero-order chi connectivity index (χ0) is 15.7. The van der Waals surface area contributed by atoms with Gasteiger partial charge in [-0.1, -0.05) is 0 Å². The molecule has 0 atom stereocenters. The van der Waals surface area contributed by atoms with Crippen LogP contribution in [-0.4, -0.2) is 58.6 Å². The van der Waals surface area contributed by atoms with Crippen molar-refractivity contribution in [3.63, 3.8) is 0 Å². The number of rotatable bonds is 9. The maximum Gasteiger partial charge on any atom is 0.356 e. The largest absolute Gasteiger partial charge is 0.464 e. The fraction of sp³-hybridized carbons (Fsp3) is 0.571. The van der Waals surface area contributed by atoms with Crippen LogP contribution < -0.4 is 10.6 Å². The average molecular weight is 297 g/mol. The Kier molecular flexibility index (Phi) is 7.49. The molecule has 0 saturated carbocycles. The summed E-state index contributed by atoms with van der Waals surface area (Å²) >= 11 is 0. The average Bonchev–Trinajstić information content (AvgIpc) is 2.50. The number of nitrogen functional groups attached to an aromatic ring is 1. The molecule has 0 radical (unpaired) electrons. The highest BCUT2D eigenvalue weighted by molar-refractivity contribution is 5.88. The minimum Gasteiger partial charge on any atom is -0.464 e. The minimum atomic E-state index is -0.486.